The molecule has 0 saturated carbocycles. The summed E-state index contributed by atoms with van der Waals surface area (Å²) in [5, 5.41) is 30.8. The zero-order valence-corrected chi connectivity index (χ0v) is 35.9. The number of aliphatic carboxylic acids is 2. The Morgan fingerprint density at radius 1 is 0.930 bits per heavy atom. The van der Waals surface area contributed by atoms with Crippen molar-refractivity contribution < 1.29 is 58.1 Å². The van der Waals surface area contributed by atoms with Crippen LogP contribution in [0.4, 0.5) is 0 Å². The second-order valence-corrected chi connectivity index (χ2v) is 18.7. The first-order valence-electron chi connectivity index (χ1n) is 21.6. The summed E-state index contributed by atoms with van der Waals surface area (Å²) >= 11 is 0. The molecule has 17 atom stereocenters. The number of benzene rings is 1. The van der Waals surface area contributed by atoms with Gasteiger partial charge in [-0.3, -0.25) is 4.79 Å². The molecule has 3 N–H and O–H groups in total. The molecule has 57 heavy (non-hydrogen) atoms. The van der Waals surface area contributed by atoms with Gasteiger partial charge in [0.25, 0.3) is 5.79 Å². The Kier molecular flexibility index (Phi) is 13.3. The first kappa shape index (κ1) is 44.4. The molecule has 0 bridgehead atoms. The summed E-state index contributed by atoms with van der Waals surface area (Å²) in [6.45, 7) is 18.6. The number of methoxy groups -OCH3 is 1. The summed E-state index contributed by atoms with van der Waals surface area (Å²) < 4.78 is 46.9. The summed E-state index contributed by atoms with van der Waals surface area (Å²) in [4.78, 5) is 24.3. The van der Waals surface area contributed by atoms with Gasteiger partial charge in [-0.25, -0.2) is 4.79 Å². The Hall–Kier alpha value is -2.16. The van der Waals surface area contributed by atoms with Gasteiger partial charge in [-0.05, 0) is 81.8 Å². The number of carbonyl (C=O) groups is 2. The molecule has 1 aromatic carbocycles. The van der Waals surface area contributed by atoms with Crippen LogP contribution in [0.25, 0.3) is 0 Å². The third-order valence-electron chi connectivity index (χ3n) is 14.9. The van der Waals surface area contributed by atoms with Crippen molar-refractivity contribution in [3.63, 3.8) is 0 Å². The molecule has 5 aliphatic heterocycles. The van der Waals surface area contributed by atoms with Gasteiger partial charge >= 0.3 is 11.9 Å². The van der Waals surface area contributed by atoms with Gasteiger partial charge in [-0.15, -0.1) is 0 Å². The van der Waals surface area contributed by atoms with Crippen LogP contribution >= 0.6 is 0 Å². The summed E-state index contributed by atoms with van der Waals surface area (Å²) in [5.74, 6) is -6.98. The van der Waals surface area contributed by atoms with E-state index in [4.69, 9.17) is 33.2 Å². The minimum atomic E-state index is -2.25. The average Bonchev–Trinajstić information content (AvgIpc) is 3.90. The monoisotopic (exact) mass is 802 g/mol. The third-order valence-corrected chi connectivity index (χ3v) is 14.9. The molecule has 5 heterocycles. The van der Waals surface area contributed by atoms with Gasteiger partial charge < -0.3 is 48.5 Å². The summed E-state index contributed by atoms with van der Waals surface area (Å²) in [7, 11) is 1.56. The van der Waals surface area contributed by atoms with Crippen molar-refractivity contribution in [3.05, 3.63) is 35.4 Å². The van der Waals surface area contributed by atoms with Crippen molar-refractivity contribution in [3.8, 4) is 0 Å². The molecule has 1 aromatic rings. The predicted octanol–water partition coefficient (Wildman–Crippen LogP) is 7.15. The van der Waals surface area contributed by atoms with Crippen molar-refractivity contribution >= 4 is 11.9 Å². The molecule has 0 aromatic heterocycles. The Morgan fingerprint density at radius 3 is 2.23 bits per heavy atom. The van der Waals surface area contributed by atoms with E-state index >= 15 is 0 Å². The minimum Gasteiger partial charge on any atom is -0.481 e. The lowest BCUT2D eigenvalue weighted by Gasteiger charge is -2.50. The van der Waals surface area contributed by atoms with Crippen LogP contribution in [0.1, 0.15) is 125 Å². The SMILES string of the molecule is CCc1ccc(CO[C@H]2C[C@]3(CC[C@@](C)([C@H]4CC[C@@](CC)([C@@H]5O[C@@H]([C@H]6O[C@@](O)(C(=O)O)[C@H](C)C[C@@H]6C)C[C@@H]5C)O4)O3)O[C@H]([C@@H](C)[C@@H](OC)[C@H](C)C(=O)O)[C@@H]2C)cc1. The number of carboxylic acids is 2. The van der Waals surface area contributed by atoms with E-state index < -0.39 is 64.9 Å². The zero-order valence-electron chi connectivity index (χ0n) is 35.9. The summed E-state index contributed by atoms with van der Waals surface area (Å²) in [6.07, 6.45) is 3.73. The third kappa shape index (κ3) is 8.45. The first-order valence-corrected chi connectivity index (χ1v) is 21.6. The fourth-order valence-corrected chi connectivity index (χ4v) is 11.2. The highest BCUT2D eigenvalue weighted by Crippen LogP contribution is 2.55. The van der Waals surface area contributed by atoms with E-state index in [-0.39, 0.29) is 48.1 Å². The Bertz CT molecular complexity index is 1550. The molecular weight excluding hydrogens is 732 g/mol. The van der Waals surface area contributed by atoms with E-state index in [1.54, 1.807) is 21.0 Å². The van der Waals surface area contributed by atoms with Gasteiger partial charge in [0, 0.05) is 37.7 Å². The topological polar surface area (TPSA) is 159 Å². The molecule has 5 saturated heterocycles. The average molecular weight is 803 g/mol. The fourth-order valence-electron chi connectivity index (χ4n) is 11.2. The quantitative estimate of drug-likeness (QED) is 0.175. The van der Waals surface area contributed by atoms with Crippen LogP contribution in [-0.4, -0.2) is 99.9 Å². The van der Waals surface area contributed by atoms with E-state index in [9.17, 15) is 24.9 Å². The smallest absolute Gasteiger partial charge is 0.364 e. The maximum absolute atomic E-state index is 12.2. The van der Waals surface area contributed by atoms with Crippen molar-refractivity contribution in [1.82, 2.24) is 0 Å². The fraction of sp³-hybridized carbons (Fsp3) is 0.822. The molecule has 5 fully saturated rings. The van der Waals surface area contributed by atoms with Gasteiger partial charge in [0.05, 0.1) is 66.5 Å². The highest BCUT2D eigenvalue weighted by atomic mass is 16.7. The van der Waals surface area contributed by atoms with Gasteiger partial charge in [0.1, 0.15) is 0 Å². The van der Waals surface area contributed by atoms with Gasteiger partial charge in [-0.1, -0.05) is 72.7 Å². The molecule has 5 aliphatic rings. The Labute approximate surface area is 339 Å². The number of rotatable bonds is 14. The molecule has 0 aliphatic carbocycles. The molecule has 322 valence electrons. The van der Waals surface area contributed by atoms with E-state index in [1.165, 1.54) is 5.56 Å². The van der Waals surface area contributed by atoms with E-state index in [1.807, 2.05) is 13.8 Å². The second kappa shape index (κ2) is 17.1. The number of hydrogen-bond donors (Lipinski definition) is 3. The largest absolute Gasteiger partial charge is 0.481 e. The van der Waals surface area contributed by atoms with Gasteiger partial charge in [-0.2, -0.15) is 0 Å². The number of ether oxygens (including phenoxy) is 7. The zero-order chi connectivity index (χ0) is 41.7. The van der Waals surface area contributed by atoms with Crippen LogP contribution in [-0.2, 0) is 55.8 Å². The Balaban J connectivity index is 1.20. The number of aliphatic hydroxyl groups is 1. The molecule has 12 nitrogen and oxygen atoms in total. The number of carboxylic acid groups (broad SMARTS) is 2. The van der Waals surface area contributed by atoms with Gasteiger partial charge in [0.2, 0.25) is 0 Å². The molecule has 0 unspecified atom stereocenters. The molecule has 0 radical (unpaired) electrons. The number of hydrogen-bond acceptors (Lipinski definition) is 10. The highest BCUT2D eigenvalue weighted by molar-refractivity contribution is 5.75. The lowest BCUT2D eigenvalue weighted by atomic mass is 9.78. The summed E-state index contributed by atoms with van der Waals surface area (Å²) in [6, 6.07) is 8.51. The standard InChI is InChI=1S/C45H70O12/c1-11-31-13-15-32(16-14-31)24-52-34-23-44(55-38(28(34)6)29(7)37(51-10)30(8)40(46)47)20-19-42(9,57-44)35-17-18-43(12-2,54-35)39-26(4)22-33(53-39)36-25(3)21-27(5)45(50,56-36)41(48)49/h13-16,25-30,33-39,50H,11-12,17-24H2,1-10H3,(H,46,47)(H,48,49)/t25-,26-,27+,28+,29-,30-,33+,34-,35+,36-,37+,38-,39+,42-,43-,44+,45+/m0/s1. The molecule has 1 spiro atoms. The second-order valence-electron chi connectivity index (χ2n) is 18.7. The number of aryl methyl sites for hydroxylation is 1. The van der Waals surface area contributed by atoms with Crippen LogP contribution in [0, 0.1) is 35.5 Å². The summed E-state index contributed by atoms with van der Waals surface area (Å²) in [5.41, 5.74) is 1.12. The van der Waals surface area contributed by atoms with Crippen LogP contribution in [0.3, 0.4) is 0 Å². The first-order chi connectivity index (χ1) is 26.8. The minimum absolute atomic E-state index is 0.0121. The van der Waals surface area contributed by atoms with Crippen LogP contribution in [0.15, 0.2) is 24.3 Å². The lowest BCUT2D eigenvalue weighted by Crippen LogP contribution is -2.58. The van der Waals surface area contributed by atoms with E-state index in [2.05, 4.69) is 58.9 Å². The van der Waals surface area contributed by atoms with Crippen LogP contribution in [0.5, 0.6) is 0 Å². The molecule has 0 amide bonds. The van der Waals surface area contributed by atoms with E-state index in [0.29, 0.717) is 38.7 Å². The van der Waals surface area contributed by atoms with Crippen molar-refractivity contribution in [2.75, 3.05) is 7.11 Å². The molecule has 6 rings (SSSR count). The maximum atomic E-state index is 12.2. The molecule has 12 heteroatoms. The highest BCUT2D eigenvalue weighted by Gasteiger charge is 2.63. The predicted molar refractivity (Wildman–Crippen MR) is 211 cm³/mol. The maximum Gasteiger partial charge on any atom is 0.364 e. The van der Waals surface area contributed by atoms with Crippen LogP contribution < -0.4 is 0 Å². The van der Waals surface area contributed by atoms with E-state index in [0.717, 1.165) is 31.2 Å². The molecular formula is C45H70O12. The Morgan fingerprint density at radius 2 is 1.61 bits per heavy atom. The van der Waals surface area contributed by atoms with Crippen LogP contribution in [0.2, 0.25) is 0 Å². The normalized spacial score (nSPS) is 43.9. The van der Waals surface area contributed by atoms with Gasteiger partial charge in [0.15, 0.2) is 5.79 Å². The van der Waals surface area contributed by atoms with Crippen molar-refractivity contribution in [2.45, 2.75) is 192 Å². The van der Waals surface area contributed by atoms with Crippen molar-refractivity contribution in [1.29, 1.82) is 0 Å². The lowest BCUT2D eigenvalue weighted by molar-refractivity contribution is -0.339. The van der Waals surface area contributed by atoms with Crippen molar-refractivity contribution in [2.24, 2.45) is 35.5 Å².